The lowest BCUT2D eigenvalue weighted by Crippen LogP contribution is -2.26. The van der Waals surface area contributed by atoms with E-state index in [1.807, 2.05) is 32.3 Å². The van der Waals surface area contributed by atoms with E-state index in [-0.39, 0.29) is 12.1 Å². The molecular weight excluding hydrogens is 218 g/mol. The molecular formula is C12H17N3O2. The Morgan fingerprint density at radius 3 is 2.94 bits per heavy atom. The monoisotopic (exact) mass is 235 g/mol. The Morgan fingerprint density at radius 1 is 1.59 bits per heavy atom. The van der Waals surface area contributed by atoms with Crippen LogP contribution < -0.4 is 5.73 Å². The maximum atomic E-state index is 5.92. The molecule has 0 bridgehead atoms. The summed E-state index contributed by atoms with van der Waals surface area (Å²) in [6.07, 6.45) is 5.14. The first-order chi connectivity index (χ1) is 8.16. The maximum absolute atomic E-state index is 5.92. The Morgan fingerprint density at radius 2 is 2.41 bits per heavy atom. The normalized spacial score (nSPS) is 14.8. The number of nitrogens with two attached hydrogens (primary N) is 1. The van der Waals surface area contributed by atoms with Crippen molar-refractivity contribution in [3.05, 3.63) is 42.1 Å². The standard InChI is InChI=1S/C12H17N3O2/c1-9(13)12(10-6-14-15(2)7-10)17-8-11-4-3-5-16-11/h3-7,9,12H,8,13H2,1-2H3. The van der Waals surface area contributed by atoms with Gasteiger partial charge in [0.2, 0.25) is 0 Å². The molecule has 2 N–H and O–H groups in total. The molecule has 0 aromatic carbocycles. The van der Waals surface area contributed by atoms with Crippen LogP contribution in [-0.4, -0.2) is 15.8 Å². The summed E-state index contributed by atoms with van der Waals surface area (Å²) >= 11 is 0. The molecule has 0 amide bonds. The van der Waals surface area contributed by atoms with E-state index in [9.17, 15) is 0 Å². The van der Waals surface area contributed by atoms with Gasteiger partial charge >= 0.3 is 0 Å². The van der Waals surface area contributed by atoms with Gasteiger partial charge in [0.15, 0.2) is 0 Å². The molecule has 2 aromatic heterocycles. The van der Waals surface area contributed by atoms with Crippen molar-refractivity contribution < 1.29 is 9.15 Å². The van der Waals surface area contributed by atoms with E-state index < -0.39 is 0 Å². The van der Waals surface area contributed by atoms with Crippen molar-refractivity contribution in [2.45, 2.75) is 25.7 Å². The molecule has 2 aromatic rings. The van der Waals surface area contributed by atoms with Crippen molar-refractivity contribution in [3.8, 4) is 0 Å². The van der Waals surface area contributed by atoms with Gasteiger partial charge in [0.1, 0.15) is 18.5 Å². The van der Waals surface area contributed by atoms with Crippen molar-refractivity contribution in [1.29, 1.82) is 0 Å². The highest BCUT2D eigenvalue weighted by Gasteiger charge is 2.19. The van der Waals surface area contributed by atoms with Crippen LogP contribution in [0.4, 0.5) is 0 Å². The summed E-state index contributed by atoms with van der Waals surface area (Å²) in [7, 11) is 1.87. The van der Waals surface area contributed by atoms with E-state index in [4.69, 9.17) is 14.9 Å². The van der Waals surface area contributed by atoms with Gasteiger partial charge in [-0.25, -0.2) is 0 Å². The lowest BCUT2D eigenvalue weighted by Gasteiger charge is -2.19. The van der Waals surface area contributed by atoms with Gasteiger partial charge in [-0.2, -0.15) is 5.10 Å². The molecule has 92 valence electrons. The molecule has 5 nitrogen and oxygen atoms in total. The molecule has 0 saturated heterocycles. The first-order valence-electron chi connectivity index (χ1n) is 5.55. The van der Waals surface area contributed by atoms with Gasteiger partial charge in [0.05, 0.1) is 12.5 Å². The second kappa shape index (κ2) is 5.16. The molecule has 17 heavy (non-hydrogen) atoms. The average Bonchev–Trinajstić information content (AvgIpc) is 2.90. The van der Waals surface area contributed by atoms with Gasteiger partial charge in [-0.1, -0.05) is 0 Å². The second-order valence-corrected chi connectivity index (χ2v) is 4.12. The lowest BCUT2D eigenvalue weighted by molar-refractivity contribution is 0.0169. The van der Waals surface area contributed by atoms with Crippen LogP contribution in [0.25, 0.3) is 0 Å². The molecule has 5 heteroatoms. The molecule has 0 saturated carbocycles. The van der Waals surface area contributed by atoms with E-state index in [2.05, 4.69) is 5.10 Å². The van der Waals surface area contributed by atoms with Gasteiger partial charge in [0.25, 0.3) is 0 Å². The highest BCUT2D eigenvalue weighted by Crippen LogP contribution is 2.21. The van der Waals surface area contributed by atoms with Crippen LogP contribution in [0, 0.1) is 0 Å². The highest BCUT2D eigenvalue weighted by atomic mass is 16.5. The summed E-state index contributed by atoms with van der Waals surface area (Å²) in [6, 6.07) is 3.61. The first kappa shape index (κ1) is 11.9. The molecule has 0 fully saturated rings. The third kappa shape index (κ3) is 2.95. The van der Waals surface area contributed by atoms with E-state index in [1.165, 1.54) is 0 Å². The summed E-state index contributed by atoms with van der Waals surface area (Å²) in [5, 5.41) is 4.12. The number of aryl methyl sites for hydroxylation is 1. The molecule has 2 atom stereocenters. The number of furan rings is 1. The number of hydrogen-bond donors (Lipinski definition) is 1. The van der Waals surface area contributed by atoms with Crippen LogP contribution in [0.2, 0.25) is 0 Å². The molecule has 0 radical (unpaired) electrons. The Labute approximate surface area is 100 Å². The smallest absolute Gasteiger partial charge is 0.129 e. The van der Waals surface area contributed by atoms with Crippen LogP contribution in [0.15, 0.2) is 35.2 Å². The zero-order valence-electron chi connectivity index (χ0n) is 10.0. The molecule has 2 unspecified atom stereocenters. The summed E-state index contributed by atoms with van der Waals surface area (Å²) in [5.41, 5.74) is 6.91. The van der Waals surface area contributed by atoms with Crippen molar-refractivity contribution in [2.24, 2.45) is 12.8 Å². The number of hydrogen-bond acceptors (Lipinski definition) is 4. The van der Waals surface area contributed by atoms with Gasteiger partial charge in [0, 0.05) is 24.8 Å². The first-order valence-corrected chi connectivity index (χ1v) is 5.55. The van der Waals surface area contributed by atoms with E-state index in [0.29, 0.717) is 6.61 Å². The fourth-order valence-electron chi connectivity index (χ4n) is 1.71. The van der Waals surface area contributed by atoms with Gasteiger partial charge < -0.3 is 14.9 Å². The van der Waals surface area contributed by atoms with Crippen LogP contribution >= 0.6 is 0 Å². The predicted molar refractivity (Wildman–Crippen MR) is 63.1 cm³/mol. The molecule has 0 aliphatic heterocycles. The molecule has 0 aliphatic rings. The highest BCUT2D eigenvalue weighted by molar-refractivity contribution is 5.10. The van der Waals surface area contributed by atoms with Crippen LogP contribution in [-0.2, 0) is 18.4 Å². The third-order valence-electron chi connectivity index (χ3n) is 2.52. The molecule has 0 aliphatic carbocycles. The van der Waals surface area contributed by atoms with Crippen LogP contribution in [0.1, 0.15) is 24.4 Å². The largest absolute Gasteiger partial charge is 0.467 e. The van der Waals surface area contributed by atoms with Gasteiger partial charge in [-0.05, 0) is 19.1 Å². The fraction of sp³-hybridized carbons (Fsp3) is 0.417. The number of aromatic nitrogens is 2. The van der Waals surface area contributed by atoms with Gasteiger partial charge in [-0.3, -0.25) is 4.68 Å². The minimum absolute atomic E-state index is 0.103. The Bertz CT molecular complexity index is 448. The minimum atomic E-state index is -0.172. The molecule has 2 rings (SSSR count). The number of ether oxygens (including phenoxy) is 1. The summed E-state index contributed by atoms with van der Waals surface area (Å²) in [4.78, 5) is 0. The summed E-state index contributed by atoms with van der Waals surface area (Å²) in [6.45, 7) is 2.33. The fourth-order valence-corrected chi connectivity index (χ4v) is 1.71. The predicted octanol–water partition coefficient (Wildman–Crippen LogP) is 1.62. The topological polar surface area (TPSA) is 66.2 Å². The zero-order valence-corrected chi connectivity index (χ0v) is 10.0. The van der Waals surface area contributed by atoms with Crippen molar-refractivity contribution in [2.75, 3.05) is 0 Å². The van der Waals surface area contributed by atoms with Crippen LogP contribution in [0.5, 0.6) is 0 Å². The Hall–Kier alpha value is -1.59. The van der Waals surface area contributed by atoms with Gasteiger partial charge in [-0.15, -0.1) is 0 Å². The van der Waals surface area contributed by atoms with E-state index in [0.717, 1.165) is 11.3 Å². The van der Waals surface area contributed by atoms with Crippen LogP contribution in [0.3, 0.4) is 0 Å². The minimum Gasteiger partial charge on any atom is -0.467 e. The molecule has 0 spiro atoms. The SMILES string of the molecule is CC(N)C(OCc1ccco1)c1cnn(C)c1. The lowest BCUT2D eigenvalue weighted by atomic mass is 10.1. The van der Waals surface area contributed by atoms with Crippen molar-refractivity contribution in [3.63, 3.8) is 0 Å². The van der Waals surface area contributed by atoms with E-state index >= 15 is 0 Å². The summed E-state index contributed by atoms with van der Waals surface area (Å²) in [5.74, 6) is 0.791. The summed E-state index contributed by atoms with van der Waals surface area (Å²) < 4.78 is 12.7. The average molecular weight is 235 g/mol. The van der Waals surface area contributed by atoms with Crippen molar-refractivity contribution >= 4 is 0 Å². The number of rotatable bonds is 5. The van der Waals surface area contributed by atoms with E-state index in [1.54, 1.807) is 17.1 Å². The molecule has 2 heterocycles. The quantitative estimate of drug-likeness (QED) is 0.855. The third-order valence-corrected chi connectivity index (χ3v) is 2.52. The van der Waals surface area contributed by atoms with Crippen molar-refractivity contribution in [1.82, 2.24) is 9.78 Å². The zero-order chi connectivity index (χ0) is 12.3. The number of nitrogens with zero attached hydrogens (tertiary/aromatic N) is 2. The maximum Gasteiger partial charge on any atom is 0.129 e. The Kier molecular flexibility index (Phi) is 3.61. The second-order valence-electron chi connectivity index (χ2n) is 4.12. The Balaban J connectivity index is 2.03.